The van der Waals surface area contributed by atoms with E-state index in [4.69, 9.17) is 9.84 Å². The number of likely N-dealkylation sites (tertiary alicyclic amines) is 1. The molecule has 0 aromatic heterocycles. The Morgan fingerprint density at radius 1 is 1.62 bits per heavy atom. The van der Waals surface area contributed by atoms with Crippen molar-refractivity contribution in [2.45, 2.75) is 32.2 Å². The first kappa shape index (κ1) is 10.5. The van der Waals surface area contributed by atoms with Crippen LogP contribution in [0.25, 0.3) is 0 Å². The first-order chi connectivity index (χ1) is 6.25. The summed E-state index contributed by atoms with van der Waals surface area (Å²) in [7, 11) is 0. The molecule has 4 nitrogen and oxygen atoms in total. The summed E-state index contributed by atoms with van der Waals surface area (Å²) >= 11 is 0. The molecule has 1 N–H and O–H groups in total. The topological polar surface area (TPSA) is 49.8 Å². The summed E-state index contributed by atoms with van der Waals surface area (Å²) in [5.41, 5.74) is 0. The SMILES string of the molecule is CC(=O)N1CCCC[C@H]1COCO. The molecule has 0 unspecified atom stereocenters. The highest BCUT2D eigenvalue weighted by atomic mass is 16.6. The van der Waals surface area contributed by atoms with E-state index in [1.807, 2.05) is 4.90 Å². The second kappa shape index (κ2) is 5.19. The third-order valence-corrected chi connectivity index (χ3v) is 2.43. The quantitative estimate of drug-likeness (QED) is 0.649. The molecule has 1 heterocycles. The summed E-state index contributed by atoms with van der Waals surface area (Å²) < 4.78 is 4.92. The summed E-state index contributed by atoms with van der Waals surface area (Å²) in [6, 6.07) is 0.165. The van der Waals surface area contributed by atoms with Gasteiger partial charge in [-0.3, -0.25) is 4.79 Å². The maximum atomic E-state index is 11.2. The van der Waals surface area contributed by atoms with Gasteiger partial charge in [0, 0.05) is 13.5 Å². The Kier molecular flexibility index (Phi) is 4.18. The van der Waals surface area contributed by atoms with Crippen molar-refractivity contribution in [3.8, 4) is 0 Å². The molecule has 0 aromatic carbocycles. The van der Waals surface area contributed by atoms with Crippen molar-refractivity contribution in [2.24, 2.45) is 0 Å². The minimum atomic E-state index is -0.262. The number of amides is 1. The van der Waals surface area contributed by atoms with Gasteiger partial charge in [-0.1, -0.05) is 0 Å². The predicted molar refractivity (Wildman–Crippen MR) is 48.1 cm³/mol. The lowest BCUT2D eigenvalue weighted by Gasteiger charge is -2.34. The lowest BCUT2D eigenvalue weighted by molar-refractivity contribution is -0.135. The van der Waals surface area contributed by atoms with Crippen LogP contribution in [0.2, 0.25) is 0 Å². The molecule has 0 aliphatic carbocycles. The molecule has 1 amide bonds. The lowest BCUT2D eigenvalue weighted by atomic mass is 10.0. The zero-order valence-corrected chi connectivity index (χ0v) is 8.03. The number of carbonyl (C=O) groups excluding carboxylic acids is 1. The monoisotopic (exact) mass is 187 g/mol. The Morgan fingerprint density at radius 3 is 3.00 bits per heavy atom. The van der Waals surface area contributed by atoms with Gasteiger partial charge in [0.25, 0.3) is 0 Å². The molecule has 0 spiro atoms. The molecule has 1 aliphatic rings. The van der Waals surface area contributed by atoms with Crippen LogP contribution in [0, 0.1) is 0 Å². The lowest BCUT2D eigenvalue weighted by Crippen LogP contribution is -2.45. The number of aliphatic hydroxyl groups excluding tert-OH is 1. The highest BCUT2D eigenvalue weighted by Gasteiger charge is 2.23. The van der Waals surface area contributed by atoms with Crippen LogP contribution in [0.1, 0.15) is 26.2 Å². The summed E-state index contributed by atoms with van der Waals surface area (Å²) in [6.07, 6.45) is 3.21. The Labute approximate surface area is 78.5 Å². The first-order valence-electron chi connectivity index (χ1n) is 4.71. The zero-order chi connectivity index (χ0) is 9.68. The van der Waals surface area contributed by atoms with Gasteiger partial charge in [-0.2, -0.15) is 0 Å². The van der Waals surface area contributed by atoms with Crippen LogP contribution >= 0.6 is 0 Å². The van der Waals surface area contributed by atoms with Crippen LogP contribution in [0.15, 0.2) is 0 Å². The maximum absolute atomic E-state index is 11.2. The molecule has 76 valence electrons. The van der Waals surface area contributed by atoms with E-state index in [2.05, 4.69) is 0 Å². The van der Waals surface area contributed by atoms with Gasteiger partial charge in [-0.05, 0) is 19.3 Å². The number of hydrogen-bond acceptors (Lipinski definition) is 3. The summed E-state index contributed by atoms with van der Waals surface area (Å²) in [6.45, 7) is 2.60. The number of rotatable bonds is 3. The van der Waals surface area contributed by atoms with Crippen LogP contribution in [0.3, 0.4) is 0 Å². The van der Waals surface area contributed by atoms with Gasteiger partial charge in [-0.15, -0.1) is 0 Å². The van der Waals surface area contributed by atoms with Crippen LogP contribution in [0.4, 0.5) is 0 Å². The fraction of sp³-hybridized carbons (Fsp3) is 0.889. The average molecular weight is 187 g/mol. The van der Waals surface area contributed by atoms with Gasteiger partial charge in [0.05, 0.1) is 12.6 Å². The van der Waals surface area contributed by atoms with Gasteiger partial charge in [0.2, 0.25) is 5.91 Å². The molecule has 4 heteroatoms. The molecule has 1 aliphatic heterocycles. The van der Waals surface area contributed by atoms with Gasteiger partial charge >= 0.3 is 0 Å². The smallest absolute Gasteiger partial charge is 0.219 e. The number of aliphatic hydroxyl groups is 1. The number of carbonyl (C=O) groups is 1. The van der Waals surface area contributed by atoms with E-state index in [1.54, 1.807) is 6.92 Å². The highest BCUT2D eigenvalue weighted by Crippen LogP contribution is 2.17. The maximum Gasteiger partial charge on any atom is 0.219 e. The third kappa shape index (κ3) is 2.97. The second-order valence-electron chi connectivity index (χ2n) is 3.36. The molecular formula is C9H17NO3. The fourth-order valence-corrected chi connectivity index (χ4v) is 1.78. The highest BCUT2D eigenvalue weighted by molar-refractivity contribution is 5.73. The van der Waals surface area contributed by atoms with Crippen LogP contribution in [-0.4, -0.2) is 41.9 Å². The average Bonchev–Trinajstić information content (AvgIpc) is 2.15. The van der Waals surface area contributed by atoms with Crippen LogP contribution in [-0.2, 0) is 9.53 Å². The molecule has 0 radical (unpaired) electrons. The van der Waals surface area contributed by atoms with E-state index in [-0.39, 0.29) is 18.7 Å². The number of nitrogens with zero attached hydrogens (tertiary/aromatic N) is 1. The molecule has 1 atom stereocenters. The van der Waals surface area contributed by atoms with Crippen LogP contribution in [0.5, 0.6) is 0 Å². The minimum Gasteiger partial charge on any atom is -0.371 e. The Hall–Kier alpha value is -0.610. The fourth-order valence-electron chi connectivity index (χ4n) is 1.78. The number of hydrogen-bond donors (Lipinski definition) is 1. The van der Waals surface area contributed by atoms with Crippen molar-refractivity contribution in [1.82, 2.24) is 4.90 Å². The Bertz CT molecular complexity index is 172. The normalized spacial score (nSPS) is 23.2. The van der Waals surface area contributed by atoms with Gasteiger partial charge in [0.15, 0.2) is 0 Å². The van der Waals surface area contributed by atoms with Crippen LogP contribution < -0.4 is 0 Å². The third-order valence-electron chi connectivity index (χ3n) is 2.43. The molecular weight excluding hydrogens is 170 g/mol. The first-order valence-corrected chi connectivity index (χ1v) is 4.71. The second-order valence-corrected chi connectivity index (χ2v) is 3.36. The van der Waals surface area contributed by atoms with E-state index in [1.165, 1.54) is 0 Å². The van der Waals surface area contributed by atoms with Gasteiger partial charge in [0.1, 0.15) is 6.79 Å². The van der Waals surface area contributed by atoms with Crippen molar-refractivity contribution >= 4 is 5.91 Å². The summed E-state index contributed by atoms with van der Waals surface area (Å²) in [5, 5.41) is 8.50. The largest absolute Gasteiger partial charge is 0.371 e. The zero-order valence-electron chi connectivity index (χ0n) is 8.03. The van der Waals surface area contributed by atoms with Crippen molar-refractivity contribution in [3.63, 3.8) is 0 Å². The molecule has 0 aromatic rings. The van der Waals surface area contributed by atoms with Gasteiger partial charge in [-0.25, -0.2) is 0 Å². The van der Waals surface area contributed by atoms with Crippen molar-refractivity contribution < 1.29 is 14.6 Å². The van der Waals surface area contributed by atoms with Crippen molar-refractivity contribution in [3.05, 3.63) is 0 Å². The van der Waals surface area contributed by atoms with Gasteiger partial charge < -0.3 is 14.7 Å². The van der Waals surface area contributed by atoms with E-state index in [0.717, 1.165) is 25.8 Å². The van der Waals surface area contributed by atoms with E-state index < -0.39 is 0 Å². The molecule has 0 saturated carbocycles. The number of ether oxygens (including phenoxy) is 1. The van der Waals surface area contributed by atoms with E-state index in [9.17, 15) is 4.79 Å². The van der Waals surface area contributed by atoms with Crippen molar-refractivity contribution in [2.75, 3.05) is 19.9 Å². The number of piperidine rings is 1. The predicted octanol–water partition coefficient (Wildman–Crippen LogP) is 0.354. The molecule has 0 bridgehead atoms. The molecule has 13 heavy (non-hydrogen) atoms. The van der Waals surface area contributed by atoms with Crippen molar-refractivity contribution in [1.29, 1.82) is 0 Å². The van der Waals surface area contributed by atoms with E-state index >= 15 is 0 Å². The Morgan fingerprint density at radius 2 is 2.38 bits per heavy atom. The summed E-state index contributed by atoms with van der Waals surface area (Å²) in [5.74, 6) is 0.103. The molecule has 1 saturated heterocycles. The Balaban J connectivity index is 2.41. The minimum absolute atomic E-state index is 0.103. The summed E-state index contributed by atoms with van der Waals surface area (Å²) in [4.78, 5) is 13.0. The standard InChI is InChI=1S/C9H17NO3/c1-8(12)10-5-3-2-4-9(10)6-13-7-11/h9,11H,2-7H2,1H3/t9-/m0/s1. The van der Waals surface area contributed by atoms with E-state index in [0.29, 0.717) is 6.61 Å². The molecule has 1 fully saturated rings. The molecule has 1 rings (SSSR count).